The summed E-state index contributed by atoms with van der Waals surface area (Å²) < 4.78 is 6.58. The van der Waals surface area contributed by atoms with Gasteiger partial charge in [-0.3, -0.25) is 0 Å². The van der Waals surface area contributed by atoms with Crippen LogP contribution in [-0.2, 0) is 5.41 Å². The summed E-state index contributed by atoms with van der Waals surface area (Å²) in [6.45, 7) is 2.77. The predicted molar refractivity (Wildman–Crippen MR) is 65.4 cm³/mol. The zero-order valence-corrected chi connectivity index (χ0v) is 10.7. The summed E-state index contributed by atoms with van der Waals surface area (Å²) in [4.78, 5) is 0. The quantitative estimate of drug-likeness (QED) is 0.916. The monoisotopic (exact) mass is 269 g/mol. The SMILES string of the molecule is COc1cc(C)cc(Br)c1C1(CN)CC1. The molecule has 1 saturated carbocycles. The van der Waals surface area contributed by atoms with Crippen molar-refractivity contribution in [2.75, 3.05) is 13.7 Å². The van der Waals surface area contributed by atoms with E-state index in [1.54, 1.807) is 7.11 Å². The molecule has 0 spiro atoms. The van der Waals surface area contributed by atoms with Gasteiger partial charge in [-0.1, -0.05) is 15.9 Å². The molecule has 0 bridgehead atoms. The highest BCUT2D eigenvalue weighted by Crippen LogP contribution is 2.53. The lowest BCUT2D eigenvalue weighted by Crippen LogP contribution is -2.21. The van der Waals surface area contributed by atoms with E-state index in [4.69, 9.17) is 10.5 Å². The maximum atomic E-state index is 5.85. The number of hydrogen-bond acceptors (Lipinski definition) is 2. The molecule has 0 heterocycles. The summed E-state index contributed by atoms with van der Waals surface area (Å²) in [6.07, 6.45) is 2.34. The molecule has 0 atom stereocenters. The van der Waals surface area contributed by atoms with Crippen molar-refractivity contribution < 1.29 is 4.74 Å². The molecule has 1 aromatic carbocycles. The molecule has 3 heteroatoms. The zero-order valence-electron chi connectivity index (χ0n) is 9.14. The molecular formula is C12H16BrNO. The largest absolute Gasteiger partial charge is 0.496 e. The number of halogens is 1. The first-order valence-corrected chi connectivity index (χ1v) is 5.97. The first kappa shape index (κ1) is 11.0. The van der Waals surface area contributed by atoms with Crippen molar-refractivity contribution in [3.63, 3.8) is 0 Å². The van der Waals surface area contributed by atoms with E-state index in [2.05, 4.69) is 35.0 Å². The molecule has 1 aliphatic carbocycles. The summed E-state index contributed by atoms with van der Waals surface area (Å²) >= 11 is 3.62. The Labute approximate surface area is 98.9 Å². The molecular weight excluding hydrogens is 254 g/mol. The van der Waals surface area contributed by atoms with Crippen LogP contribution in [0.15, 0.2) is 16.6 Å². The van der Waals surface area contributed by atoms with Crippen LogP contribution in [-0.4, -0.2) is 13.7 Å². The van der Waals surface area contributed by atoms with Crippen LogP contribution in [0.1, 0.15) is 24.0 Å². The van der Waals surface area contributed by atoms with Crippen molar-refractivity contribution in [1.29, 1.82) is 0 Å². The summed E-state index contributed by atoms with van der Waals surface area (Å²) in [5.41, 5.74) is 8.47. The van der Waals surface area contributed by atoms with Gasteiger partial charge in [0, 0.05) is 22.0 Å². The normalized spacial score (nSPS) is 17.6. The van der Waals surface area contributed by atoms with Crippen LogP contribution < -0.4 is 10.5 Å². The molecule has 0 radical (unpaired) electrons. The van der Waals surface area contributed by atoms with Gasteiger partial charge in [0.2, 0.25) is 0 Å². The molecule has 15 heavy (non-hydrogen) atoms. The molecule has 2 nitrogen and oxygen atoms in total. The van der Waals surface area contributed by atoms with Gasteiger partial charge in [0.05, 0.1) is 7.11 Å². The molecule has 1 aliphatic rings. The first-order chi connectivity index (χ1) is 7.13. The van der Waals surface area contributed by atoms with Crippen LogP contribution in [0, 0.1) is 6.92 Å². The lowest BCUT2D eigenvalue weighted by molar-refractivity contribution is 0.403. The van der Waals surface area contributed by atoms with Crippen molar-refractivity contribution in [3.8, 4) is 5.75 Å². The van der Waals surface area contributed by atoms with Gasteiger partial charge in [0.15, 0.2) is 0 Å². The fourth-order valence-corrected chi connectivity index (χ4v) is 3.07. The van der Waals surface area contributed by atoms with Gasteiger partial charge in [-0.15, -0.1) is 0 Å². The van der Waals surface area contributed by atoms with Crippen molar-refractivity contribution in [2.24, 2.45) is 5.73 Å². The minimum absolute atomic E-state index is 0.165. The number of ether oxygens (including phenoxy) is 1. The molecule has 1 aromatic rings. The highest BCUT2D eigenvalue weighted by molar-refractivity contribution is 9.10. The number of aryl methyl sites for hydroxylation is 1. The minimum Gasteiger partial charge on any atom is -0.496 e. The standard InChI is InChI=1S/C12H16BrNO/c1-8-5-9(13)11(10(6-8)15-2)12(7-14)3-4-12/h5-6H,3-4,7,14H2,1-2H3. The summed E-state index contributed by atoms with van der Waals surface area (Å²) in [5.74, 6) is 0.963. The van der Waals surface area contributed by atoms with E-state index in [0.717, 1.165) is 10.2 Å². The Morgan fingerprint density at radius 3 is 2.60 bits per heavy atom. The third-order valence-electron chi connectivity index (χ3n) is 3.19. The van der Waals surface area contributed by atoms with Gasteiger partial charge < -0.3 is 10.5 Å². The highest BCUT2D eigenvalue weighted by atomic mass is 79.9. The third-order valence-corrected chi connectivity index (χ3v) is 3.82. The maximum Gasteiger partial charge on any atom is 0.124 e. The Morgan fingerprint density at radius 1 is 1.47 bits per heavy atom. The van der Waals surface area contributed by atoms with Crippen LogP contribution in [0.2, 0.25) is 0 Å². The van der Waals surface area contributed by atoms with Gasteiger partial charge in [-0.2, -0.15) is 0 Å². The minimum atomic E-state index is 0.165. The fourth-order valence-electron chi connectivity index (χ4n) is 2.09. The third kappa shape index (κ3) is 1.79. The van der Waals surface area contributed by atoms with Crippen molar-refractivity contribution in [2.45, 2.75) is 25.2 Å². The fraction of sp³-hybridized carbons (Fsp3) is 0.500. The van der Waals surface area contributed by atoms with Gasteiger partial charge in [0.25, 0.3) is 0 Å². The Balaban J connectivity index is 2.54. The highest BCUT2D eigenvalue weighted by Gasteiger charge is 2.46. The number of rotatable bonds is 3. The Kier molecular flexibility index (Phi) is 2.77. The van der Waals surface area contributed by atoms with Crippen molar-refractivity contribution in [3.05, 3.63) is 27.7 Å². The smallest absolute Gasteiger partial charge is 0.124 e. The van der Waals surface area contributed by atoms with E-state index in [9.17, 15) is 0 Å². The molecule has 0 saturated heterocycles. The lowest BCUT2D eigenvalue weighted by Gasteiger charge is -2.19. The Bertz CT molecular complexity index is 385. The van der Waals surface area contributed by atoms with Gasteiger partial charge in [0.1, 0.15) is 5.75 Å². The van der Waals surface area contributed by atoms with Crippen LogP contribution >= 0.6 is 15.9 Å². The van der Waals surface area contributed by atoms with E-state index < -0.39 is 0 Å². The Morgan fingerprint density at radius 2 is 2.13 bits per heavy atom. The number of benzene rings is 1. The number of methoxy groups -OCH3 is 1. The number of hydrogen-bond donors (Lipinski definition) is 1. The number of nitrogens with two attached hydrogens (primary N) is 1. The molecule has 1 fully saturated rings. The molecule has 0 aromatic heterocycles. The average molecular weight is 270 g/mol. The second-order valence-corrected chi connectivity index (χ2v) is 5.16. The van der Waals surface area contributed by atoms with E-state index in [0.29, 0.717) is 6.54 Å². The van der Waals surface area contributed by atoms with E-state index >= 15 is 0 Å². The topological polar surface area (TPSA) is 35.2 Å². The maximum absolute atomic E-state index is 5.85. The van der Waals surface area contributed by atoms with E-state index in [-0.39, 0.29) is 5.41 Å². The second kappa shape index (κ2) is 3.80. The van der Waals surface area contributed by atoms with Crippen molar-refractivity contribution in [1.82, 2.24) is 0 Å². The van der Waals surface area contributed by atoms with E-state index in [1.165, 1.54) is 24.0 Å². The molecule has 0 unspecified atom stereocenters. The van der Waals surface area contributed by atoms with Crippen LogP contribution in [0.5, 0.6) is 5.75 Å². The van der Waals surface area contributed by atoms with Gasteiger partial charge in [-0.25, -0.2) is 0 Å². The summed E-state index contributed by atoms with van der Waals surface area (Å²) in [5, 5.41) is 0. The van der Waals surface area contributed by atoms with Crippen LogP contribution in [0.3, 0.4) is 0 Å². The molecule has 82 valence electrons. The second-order valence-electron chi connectivity index (χ2n) is 4.31. The van der Waals surface area contributed by atoms with Gasteiger partial charge in [-0.05, 0) is 37.5 Å². The van der Waals surface area contributed by atoms with Crippen molar-refractivity contribution >= 4 is 15.9 Å². The van der Waals surface area contributed by atoms with Crippen LogP contribution in [0.4, 0.5) is 0 Å². The molecule has 2 N–H and O–H groups in total. The lowest BCUT2D eigenvalue weighted by atomic mass is 9.94. The molecule has 0 aliphatic heterocycles. The molecule has 2 rings (SSSR count). The van der Waals surface area contributed by atoms with Crippen LogP contribution in [0.25, 0.3) is 0 Å². The molecule has 0 amide bonds. The van der Waals surface area contributed by atoms with Gasteiger partial charge >= 0.3 is 0 Å². The zero-order chi connectivity index (χ0) is 11.1. The predicted octanol–water partition coefficient (Wildman–Crippen LogP) is 2.76. The van der Waals surface area contributed by atoms with E-state index in [1.807, 2.05) is 0 Å². The summed E-state index contributed by atoms with van der Waals surface area (Å²) in [7, 11) is 1.72. The first-order valence-electron chi connectivity index (χ1n) is 5.17. The Hall–Kier alpha value is -0.540. The average Bonchev–Trinajstić information content (AvgIpc) is 2.97. The summed E-state index contributed by atoms with van der Waals surface area (Å²) in [6, 6.07) is 4.21.